The number of aliphatic imine (C=N–C) groups is 1. The highest BCUT2D eigenvalue weighted by molar-refractivity contribution is 5.79. The summed E-state index contributed by atoms with van der Waals surface area (Å²) >= 11 is 0. The molecule has 1 heterocycles. The molecule has 0 amide bonds. The van der Waals surface area contributed by atoms with E-state index in [1.807, 2.05) is 13.1 Å². The van der Waals surface area contributed by atoms with Crippen LogP contribution in [0.25, 0.3) is 0 Å². The molecule has 0 aliphatic carbocycles. The summed E-state index contributed by atoms with van der Waals surface area (Å²) in [5.74, 6) is 1.81. The van der Waals surface area contributed by atoms with E-state index in [-0.39, 0.29) is 0 Å². The van der Waals surface area contributed by atoms with Crippen molar-refractivity contribution in [2.45, 2.75) is 52.2 Å². The van der Waals surface area contributed by atoms with E-state index in [1.165, 1.54) is 18.4 Å². The fraction of sp³-hybridized carbons (Fsp3) is 0.632. The standard InChI is InChI=1S/C19H32N4O/c1-14(2)23-10-8-17(9-11-23)22-19(20-4)21-13-16-6-7-18(24-5)15(3)12-16/h6-7,12,14,17H,8-11,13H2,1-5H3,(H2,20,21,22). The van der Waals surface area contributed by atoms with Crippen molar-refractivity contribution >= 4 is 5.96 Å². The molecular formula is C19H32N4O. The lowest BCUT2D eigenvalue weighted by Crippen LogP contribution is -2.49. The molecule has 2 N–H and O–H groups in total. The van der Waals surface area contributed by atoms with Gasteiger partial charge in [0.2, 0.25) is 0 Å². The van der Waals surface area contributed by atoms with Crippen molar-refractivity contribution in [2.24, 2.45) is 4.99 Å². The van der Waals surface area contributed by atoms with Crippen LogP contribution in [0.1, 0.15) is 37.8 Å². The third kappa shape index (κ3) is 5.13. The zero-order chi connectivity index (χ0) is 17.5. The number of aryl methyl sites for hydroxylation is 1. The van der Waals surface area contributed by atoms with Gasteiger partial charge in [-0.05, 0) is 50.8 Å². The second-order valence-electron chi connectivity index (χ2n) is 6.78. The molecular weight excluding hydrogens is 300 g/mol. The minimum atomic E-state index is 0.504. The van der Waals surface area contributed by atoms with Gasteiger partial charge in [-0.1, -0.05) is 12.1 Å². The van der Waals surface area contributed by atoms with E-state index in [9.17, 15) is 0 Å². The van der Waals surface area contributed by atoms with Gasteiger partial charge in [-0.3, -0.25) is 4.99 Å². The molecule has 0 unspecified atom stereocenters. The van der Waals surface area contributed by atoms with Gasteiger partial charge in [-0.2, -0.15) is 0 Å². The fourth-order valence-corrected chi connectivity index (χ4v) is 3.18. The molecule has 0 spiro atoms. The highest BCUT2D eigenvalue weighted by Crippen LogP contribution is 2.18. The van der Waals surface area contributed by atoms with E-state index in [0.29, 0.717) is 12.1 Å². The molecule has 2 rings (SSSR count). The van der Waals surface area contributed by atoms with E-state index in [0.717, 1.165) is 36.9 Å². The summed E-state index contributed by atoms with van der Waals surface area (Å²) in [4.78, 5) is 6.90. The molecule has 0 atom stereocenters. The Morgan fingerprint density at radius 1 is 1.33 bits per heavy atom. The first kappa shape index (κ1) is 18.6. The van der Waals surface area contributed by atoms with Gasteiger partial charge in [0, 0.05) is 38.8 Å². The third-order valence-electron chi connectivity index (χ3n) is 4.74. The summed E-state index contributed by atoms with van der Waals surface area (Å²) in [6.07, 6.45) is 2.33. The monoisotopic (exact) mass is 332 g/mol. The van der Waals surface area contributed by atoms with Gasteiger partial charge >= 0.3 is 0 Å². The molecule has 1 aromatic rings. The van der Waals surface area contributed by atoms with Crippen LogP contribution < -0.4 is 15.4 Å². The van der Waals surface area contributed by atoms with E-state index in [1.54, 1.807) is 7.11 Å². The van der Waals surface area contributed by atoms with Crippen molar-refractivity contribution in [1.29, 1.82) is 0 Å². The number of ether oxygens (including phenoxy) is 1. The number of nitrogens with one attached hydrogen (secondary N) is 2. The lowest BCUT2D eigenvalue weighted by atomic mass is 10.0. The Hall–Kier alpha value is -1.75. The van der Waals surface area contributed by atoms with E-state index >= 15 is 0 Å². The summed E-state index contributed by atoms with van der Waals surface area (Å²) in [6.45, 7) is 9.68. The highest BCUT2D eigenvalue weighted by Gasteiger charge is 2.21. The first-order valence-corrected chi connectivity index (χ1v) is 8.88. The molecule has 0 aromatic heterocycles. The van der Waals surface area contributed by atoms with Crippen LogP contribution in [0, 0.1) is 6.92 Å². The Bertz CT molecular complexity index is 548. The summed E-state index contributed by atoms with van der Waals surface area (Å²) in [5.41, 5.74) is 2.38. The van der Waals surface area contributed by atoms with Gasteiger partial charge in [0.15, 0.2) is 5.96 Å². The van der Waals surface area contributed by atoms with Gasteiger partial charge in [0.1, 0.15) is 5.75 Å². The van der Waals surface area contributed by atoms with Gasteiger partial charge in [0.05, 0.1) is 7.11 Å². The van der Waals surface area contributed by atoms with Crippen molar-refractivity contribution in [1.82, 2.24) is 15.5 Å². The Morgan fingerprint density at radius 3 is 2.58 bits per heavy atom. The van der Waals surface area contributed by atoms with Crippen molar-refractivity contribution in [3.05, 3.63) is 29.3 Å². The summed E-state index contributed by atoms with van der Waals surface area (Å²) in [6, 6.07) is 7.41. The summed E-state index contributed by atoms with van der Waals surface area (Å²) in [5, 5.41) is 6.98. The van der Waals surface area contributed by atoms with Gasteiger partial charge in [0.25, 0.3) is 0 Å². The number of nitrogens with zero attached hydrogens (tertiary/aromatic N) is 2. The van der Waals surface area contributed by atoms with Crippen LogP contribution >= 0.6 is 0 Å². The molecule has 1 aliphatic rings. The van der Waals surface area contributed by atoms with Crippen molar-refractivity contribution < 1.29 is 4.74 Å². The molecule has 5 heteroatoms. The van der Waals surface area contributed by atoms with E-state index < -0.39 is 0 Å². The topological polar surface area (TPSA) is 48.9 Å². The number of rotatable bonds is 5. The lowest BCUT2D eigenvalue weighted by Gasteiger charge is -2.35. The van der Waals surface area contributed by atoms with Crippen LogP contribution in [0.4, 0.5) is 0 Å². The number of likely N-dealkylation sites (tertiary alicyclic amines) is 1. The third-order valence-corrected chi connectivity index (χ3v) is 4.74. The fourth-order valence-electron chi connectivity index (χ4n) is 3.18. The van der Waals surface area contributed by atoms with Crippen LogP contribution in [0.15, 0.2) is 23.2 Å². The highest BCUT2D eigenvalue weighted by atomic mass is 16.5. The summed E-state index contributed by atoms with van der Waals surface area (Å²) in [7, 11) is 3.54. The number of guanidine groups is 1. The molecule has 0 saturated carbocycles. The van der Waals surface area contributed by atoms with Gasteiger partial charge in [-0.15, -0.1) is 0 Å². The Morgan fingerprint density at radius 2 is 2.04 bits per heavy atom. The normalized spacial score (nSPS) is 17.2. The maximum absolute atomic E-state index is 5.31. The largest absolute Gasteiger partial charge is 0.496 e. The number of hydrogen-bond acceptors (Lipinski definition) is 3. The van der Waals surface area contributed by atoms with Gasteiger partial charge < -0.3 is 20.3 Å². The average molecular weight is 332 g/mol. The van der Waals surface area contributed by atoms with Gasteiger partial charge in [-0.25, -0.2) is 0 Å². The number of piperidine rings is 1. The summed E-state index contributed by atoms with van der Waals surface area (Å²) < 4.78 is 5.31. The average Bonchev–Trinajstić information content (AvgIpc) is 2.59. The lowest BCUT2D eigenvalue weighted by molar-refractivity contribution is 0.167. The quantitative estimate of drug-likeness (QED) is 0.643. The molecule has 0 radical (unpaired) electrons. The van der Waals surface area contributed by atoms with E-state index in [4.69, 9.17) is 4.74 Å². The number of benzene rings is 1. The van der Waals surface area contributed by atoms with Crippen LogP contribution in [-0.2, 0) is 6.54 Å². The molecule has 5 nitrogen and oxygen atoms in total. The number of methoxy groups -OCH3 is 1. The Balaban J connectivity index is 1.82. The van der Waals surface area contributed by atoms with Crippen LogP contribution in [0.3, 0.4) is 0 Å². The van der Waals surface area contributed by atoms with Crippen LogP contribution in [0.5, 0.6) is 5.75 Å². The molecule has 134 valence electrons. The maximum atomic E-state index is 5.31. The second kappa shape index (κ2) is 8.92. The first-order valence-electron chi connectivity index (χ1n) is 8.88. The Labute approximate surface area is 146 Å². The molecule has 1 saturated heterocycles. The molecule has 1 aromatic carbocycles. The first-order chi connectivity index (χ1) is 11.5. The zero-order valence-electron chi connectivity index (χ0n) is 15.7. The minimum Gasteiger partial charge on any atom is -0.496 e. The van der Waals surface area contributed by atoms with Crippen molar-refractivity contribution in [3.63, 3.8) is 0 Å². The minimum absolute atomic E-state index is 0.504. The molecule has 24 heavy (non-hydrogen) atoms. The maximum Gasteiger partial charge on any atom is 0.191 e. The van der Waals surface area contributed by atoms with Crippen LogP contribution in [-0.4, -0.2) is 50.2 Å². The molecule has 1 aliphatic heterocycles. The second-order valence-corrected chi connectivity index (χ2v) is 6.78. The molecule has 1 fully saturated rings. The smallest absolute Gasteiger partial charge is 0.191 e. The SMILES string of the molecule is CN=C(NCc1ccc(OC)c(C)c1)NC1CCN(C(C)C)CC1. The van der Waals surface area contributed by atoms with Crippen LogP contribution in [0.2, 0.25) is 0 Å². The van der Waals surface area contributed by atoms with Crippen molar-refractivity contribution in [2.75, 3.05) is 27.2 Å². The Kier molecular flexibility index (Phi) is 6.91. The van der Waals surface area contributed by atoms with Crippen molar-refractivity contribution in [3.8, 4) is 5.75 Å². The van der Waals surface area contributed by atoms with E-state index in [2.05, 4.69) is 53.4 Å². The predicted octanol–water partition coefficient (Wildman–Crippen LogP) is 2.54. The molecule has 0 bridgehead atoms. The number of hydrogen-bond donors (Lipinski definition) is 2. The predicted molar refractivity (Wildman–Crippen MR) is 101 cm³/mol. The zero-order valence-corrected chi connectivity index (χ0v) is 15.7.